The van der Waals surface area contributed by atoms with Crippen LogP contribution in [0.1, 0.15) is 16.1 Å². The molecule has 4 rings (SSSR count). The van der Waals surface area contributed by atoms with Gasteiger partial charge in [-0.05, 0) is 36.4 Å². The predicted octanol–water partition coefficient (Wildman–Crippen LogP) is 5.10. The molecule has 10 heteroatoms. The van der Waals surface area contributed by atoms with Crippen LogP contribution in [0.15, 0.2) is 66.4 Å². The lowest BCUT2D eigenvalue weighted by atomic mass is 9.92. The Morgan fingerprint density at radius 1 is 0.938 bits per heavy atom. The molecule has 0 aliphatic carbocycles. The predicted molar refractivity (Wildman–Crippen MR) is 119 cm³/mol. The molecular weight excluding hydrogens is 459 g/mol. The van der Waals surface area contributed by atoms with Gasteiger partial charge in [-0.1, -0.05) is 23.7 Å². The largest absolute Gasteiger partial charge is 0.417 e. The van der Waals surface area contributed by atoms with Crippen LogP contribution in [0.25, 0.3) is 22.5 Å². The van der Waals surface area contributed by atoms with Gasteiger partial charge in [0.25, 0.3) is 0 Å². The van der Waals surface area contributed by atoms with Gasteiger partial charge in [0.1, 0.15) is 11.9 Å². The summed E-state index contributed by atoms with van der Waals surface area (Å²) in [6.07, 6.45) is -1.53. The Bertz CT molecular complexity index is 1250. The average Bonchev–Trinajstić information content (AvgIpc) is 3.29. The van der Waals surface area contributed by atoms with E-state index in [1.807, 2.05) is 29.6 Å². The Morgan fingerprint density at radius 3 is 2.41 bits per heavy atom. The summed E-state index contributed by atoms with van der Waals surface area (Å²) in [4.78, 5) is 13.6. The van der Waals surface area contributed by atoms with Gasteiger partial charge in [-0.25, -0.2) is 9.97 Å². The number of thiophene rings is 1. The average molecular weight is 476 g/mol. The second-order valence-corrected chi connectivity index (χ2v) is 8.39. The standard InChI is InChI=1S/C22H17ClF3N5S/c23-16-7-13(4-5-15(16)22(24,25)26)18-9-19(31-12-30-18)21(28,11-27)20-8-14(10-32-20)17-3-1-2-6-29-17/h1-10,12H,11,27-28H2. The highest BCUT2D eigenvalue weighted by atomic mass is 35.5. The highest BCUT2D eigenvalue weighted by molar-refractivity contribution is 7.10. The first-order chi connectivity index (χ1) is 15.2. The van der Waals surface area contributed by atoms with E-state index in [1.54, 1.807) is 12.3 Å². The molecule has 0 aliphatic rings. The number of pyridine rings is 1. The normalized spacial score (nSPS) is 13.7. The summed E-state index contributed by atoms with van der Waals surface area (Å²) in [5.41, 5.74) is 13.7. The van der Waals surface area contributed by atoms with Crippen molar-refractivity contribution in [2.75, 3.05) is 6.54 Å². The van der Waals surface area contributed by atoms with Crippen molar-refractivity contribution in [3.05, 3.63) is 87.6 Å². The van der Waals surface area contributed by atoms with Crippen molar-refractivity contribution in [1.82, 2.24) is 15.0 Å². The van der Waals surface area contributed by atoms with Gasteiger partial charge in [0.15, 0.2) is 0 Å². The van der Waals surface area contributed by atoms with Gasteiger partial charge >= 0.3 is 6.18 Å². The molecule has 0 saturated carbocycles. The number of rotatable bonds is 5. The third-order valence-electron chi connectivity index (χ3n) is 5.02. The van der Waals surface area contributed by atoms with Crippen LogP contribution in [0.3, 0.4) is 0 Å². The topological polar surface area (TPSA) is 90.7 Å². The first-order valence-corrected chi connectivity index (χ1v) is 10.7. The summed E-state index contributed by atoms with van der Waals surface area (Å²) < 4.78 is 39.1. The molecule has 1 unspecified atom stereocenters. The van der Waals surface area contributed by atoms with Crippen LogP contribution in [0, 0.1) is 0 Å². The summed E-state index contributed by atoms with van der Waals surface area (Å²) in [6.45, 7) is 0.0550. The van der Waals surface area contributed by atoms with Gasteiger partial charge in [0.2, 0.25) is 0 Å². The molecule has 0 spiro atoms. The number of hydrogen-bond acceptors (Lipinski definition) is 6. The van der Waals surface area contributed by atoms with Crippen molar-refractivity contribution < 1.29 is 13.2 Å². The van der Waals surface area contributed by atoms with E-state index in [4.69, 9.17) is 23.1 Å². The van der Waals surface area contributed by atoms with Crippen molar-refractivity contribution in [1.29, 1.82) is 0 Å². The molecule has 1 atom stereocenters. The van der Waals surface area contributed by atoms with E-state index in [0.717, 1.165) is 22.2 Å². The fraction of sp³-hybridized carbons (Fsp3) is 0.136. The molecule has 1 aromatic carbocycles. The zero-order valence-corrected chi connectivity index (χ0v) is 18.0. The Labute approximate surface area is 190 Å². The van der Waals surface area contributed by atoms with Crippen molar-refractivity contribution in [3.63, 3.8) is 0 Å². The van der Waals surface area contributed by atoms with E-state index in [9.17, 15) is 13.2 Å². The van der Waals surface area contributed by atoms with Gasteiger partial charge in [-0.15, -0.1) is 11.3 Å². The number of nitrogens with two attached hydrogens (primary N) is 2. The first-order valence-electron chi connectivity index (χ1n) is 9.41. The van der Waals surface area contributed by atoms with Crippen LogP contribution in [0.2, 0.25) is 5.02 Å². The minimum absolute atomic E-state index is 0.0550. The number of nitrogens with zero attached hydrogens (tertiary/aromatic N) is 3. The fourth-order valence-electron chi connectivity index (χ4n) is 3.23. The van der Waals surface area contributed by atoms with Crippen molar-refractivity contribution in [3.8, 4) is 22.5 Å². The van der Waals surface area contributed by atoms with Crippen LogP contribution >= 0.6 is 22.9 Å². The van der Waals surface area contributed by atoms with E-state index in [-0.39, 0.29) is 6.54 Å². The molecule has 0 bridgehead atoms. The lowest BCUT2D eigenvalue weighted by Crippen LogP contribution is -2.45. The van der Waals surface area contributed by atoms with Gasteiger partial charge < -0.3 is 11.5 Å². The van der Waals surface area contributed by atoms with E-state index in [1.165, 1.54) is 29.8 Å². The Hall–Kier alpha value is -2.85. The molecule has 3 aromatic heterocycles. The summed E-state index contributed by atoms with van der Waals surface area (Å²) in [7, 11) is 0. The Kier molecular flexibility index (Phi) is 6.00. The number of alkyl halides is 3. The number of benzene rings is 1. The first kappa shape index (κ1) is 22.3. The van der Waals surface area contributed by atoms with Gasteiger partial charge in [-0.2, -0.15) is 13.2 Å². The van der Waals surface area contributed by atoms with E-state index in [0.29, 0.717) is 17.0 Å². The summed E-state index contributed by atoms with van der Waals surface area (Å²) in [5, 5.41) is 1.53. The highest BCUT2D eigenvalue weighted by Gasteiger charge is 2.34. The van der Waals surface area contributed by atoms with Crippen LogP contribution in [0.4, 0.5) is 13.2 Å². The smallest absolute Gasteiger partial charge is 0.328 e. The van der Waals surface area contributed by atoms with Gasteiger partial charge in [0, 0.05) is 34.1 Å². The maximum absolute atomic E-state index is 13.0. The summed E-state index contributed by atoms with van der Waals surface area (Å²) in [6, 6.07) is 12.6. The lowest BCUT2D eigenvalue weighted by molar-refractivity contribution is -0.137. The maximum Gasteiger partial charge on any atom is 0.417 e. The fourth-order valence-corrected chi connectivity index (χ4v) is 4.56. The van der Waals surface area contributed by atoms with Crippen LogP contribution < -0.4 is 11.5 Å². The third kappa shape index (κ3) is 4.24. The number of halogens is 4. The zero-order valence-electron chi connectivity index (χ0n) is 16.5. The summed E-state index contributed by atoms with van der Waals surface area (Å²) >= 11 is 7.29. The second kappa shape index (κ2) is 8.59. The molecule has 0 fully saturated rings. The van der Waals surface area contributed by atoms with E-state index < -0.39 is 22.3 Å². The van der Waals surface area contributed by atoms with E-state index in [2.05, 4.69) is 15.0 Å². The molecule has 3 heterocycles. The molecule has 4 N–H and O–H groups in total. The molecule has 32 heavy (non-hydrogen) atoms. The monoisotopic (exact) mass is 475 g/mol. The highest BCUT2D eigenvalue weighted by Crippen LogP contribution is 2.38. The molecule has 4 aromatic rings. The molecular formula is C22H17ClF3N5S. The maximum atomic E-state index is 13.0. The number of hydrogen-bond donors (Lipinski definition) is 2. The van der Waals surface area contributed by atoms with Crippen LogP contribution in [0.5, 0.6) is 0 Å². The SMILES string of the molecule is NCC(N)(c1cc(-c2ccc(C(F)(F)F)c(Cl)c2)ncn1)c1cc(-c2ccccn2)cs1. The Morgan fingerprint density at radius 2 is 1.75 bits per heavy atom. The number of aromatic nitrogens is 3. The quantitative estimate of drug-likeness (QED) is 0.419. The van der Waals surface area contributed by atoms with E-state index >= 15 is 0 Å². The molecule has 164 valence electrons. The second-order valence-electron chi connectivity index (χ2n) is 7.07. The zero-order chi connectivity index (χ0) is 22.9. The van der Waals surface area contributed by atoms with Gasteiger partial charge in [-0.3, -0.25) is 4.98 Å². The van der Waals surface area contributed by atoms with Crippen molar-refractivity contribution in [2.45, 2.75) is 11.7 Å². The minimum Gasteiger partial charge on any atom is -0.328 e. The molecule has 0 radical (unpaired) electrons. The van der Waals surface area contributed by atoms with Crippen molar-refractivity contribution in [2.24, 2.45) is 11.5 Å². The molecule has 0 amide bonds. The van der Waals surface area contributed by atoms with Crippen LogP contribution in [-0.4, -0.2) is 21.5 Å². The summed E-state index contributed by atoms with van der Waals surface area (Å²) in [5.74, 6) is 0. The molecule has 5 nitrogen and oxygen atoms in total. The lowest BCUT2D eigenvalue weighted by Gasteiger charge is -2.26. The van der Waals surface area contributed by atoms with Crippen LogP contribution in [-0.2, 0) is 11.7 Å². The third-order valence-corrected chi connectivity index (χ3v) is 6.44. The van der Waals surface area contributed by atoms with Crippen molar-refractivity contribution >= 4 is 22.9 Å². The molecule has 0 saturated heterocycles. The Balaban J connectivity index is 1.72. The minimum atomic E-state index is -4.54. The molecule has 0 aliphatic heterocycles. The van der Waals surface area contributed by atoms with Gasteiger partial charge in [0.05, 0.1) is 27.7 Å².